The predicted octanol–water partition coefficient (Wildman–Crippen LogP) is 3.29. The maximum absolute atomic E-state index is 9.83. The standard InChI is InChI=1S/C28H28N8O4/c1-37-24-17-19(16-20(18-29)25-30-21-4-2-3-5-22(21)31-25)6-7-23(24)40-28-33-26(35-8-12-38-13-9-35)32-27(34-28)36-10-14-39-15-11-36/h2-7,16-17H,8-15H2,1H3,(H,30,31)/b20-16+. The Kier molecular flexibility index (Phi) is 7.39. The molecule has 2 fully saturated rings. The molecule has 0 radical (unpaired) electrons. The number of anilines is 2. The molecule has 4 heterocycles. The van der Waals surface area contributed by atoms with Crippen molar-refractivity contribution in [3.8, 4) is 23.6 Å². The van der Waals surface area contributed by atoms with E-state index in [-0.39, 0.29) is 6.01 Å². The van der Waals surface area contributed by atoms with Gasteiger partial charge in [0.15, 0.2) is 11.5 Å². The summed E-state index contributed by atoms with van der Waals surface area (Å²) in [7, 11) is 1.56. The number of nitrogens with zero attached hydrogens (tertiary/aromatic N) is 7. The summed E-state index contributed by atoms with van der Waals surface area (Å²) in [5.74, 6) is 2.49. The number of imidazole rings is 1. The van der Waals surface area contributed by atoms with E-state index >= 15 is 0 Å². The van der Waals surface area contributed by atoms with Crippen LogP contribution in [-0.4, -0.2) is 84.6 Å². The van der Waals surface area contributed by atoms with Crippen LogP contribution < -0.4 is 19.3 Å². The van der Waals surface area contributed by atoms with Gasteiger partial charge in [0, 0.05) is 26.2 Å². The lowest BCUT2D eigenvalue weighted by atomic mass is 10.1. The molecule has 0 bridgehead atoms. The fourth-order valence-electron chi connectivity index (χ4n) is 4.55. The second kappa shape index (κ2) is 11.6. The van der Waals surface area contributed by atoms with E-state index < -0.39 is 0 Å². The Balaban J connectivity index is 1.29. The molecule has 0 amide bonds. The van der Waals surface area contributed by atoms with Gasteiger partial charge in [-0.25, -0.2) is 4.98 Å². The minimum atomic E-state index is 0.166. The molecule has 0 saturated carbocycles. The SMILES string of the molecule is COc1cc(/C=C(\C#N)c2nc3ccccc3[nH]2)ccc1Oc1nc(N2CCOCC2)nc(N2CCOCC2)n1. The zero-order valence-electron chi connectivity index (χ0n) is 22.0. The molecule has 12 nitrogen and oxygen atoms in total. The van der Waals surface area contributed by atoms with E-state index in [4.69, 9.17) is 23.9 Å². The summed E-state index contributed by atoms with van der Waals surface area (Å²) in [6.07, 6.45) is 1.75. The number of ether oxygens (including phenoxy) is 4. The maximum Gasteiger partial charge on any atom is 0.328 e. The molecular formula is C28H28N8O4. The molecule has 0 spiro atoms. The van der Waals surface area contributed by atoms with Gasteiger partial charge in [0.05, 0.1) is 50.1 Å². The third-order valence-corrected chi connectivity index (χ3v) is 6.64. The second-order valence-corrected chi connectivity index (χ2v) is 9.20. The number of nitrogens with one attached hydrogen (secondary N) is 1. The first kappa shape index (κ1) is 25.5. The van der Waals surface area contributed by atoms with Crippen LogP contribution in [0.5, 0.6) is 17.5 Å². The molecule has 6 rings (SSSR count). The Morgan fingerprint density at radius 1 is 0.900 bits per heavy atom. The lowest BCUT2D eigenvalue weighted by Gasteiger charge is -2.30. The van der Waals surface area contributed by atoms with Gasteiger partial charge in [0.25, 0.3) is 0 Å². The molecular weight excluding hydrogens is 512 g/mol. The Bertz CT molecular complexity index is 1500. The lowest BCUT2D eigenvalue weighted by Crippen LogP contribution is -2.40. The largest absolute Gasteiger partial charge is 0.493 e. The number of nitriles is 1. The molecule has 2 aliphatic heterocycles. The molecule has 4 aromatic rings. The molecule has 0 atom stereocenters. The number of H-pyrrole nitrogens is 1. The van der Waals surface area contributed by atoms with Crippen LogP contribution in [0.15, 0.2) is 42.5 Å². The Hall–Kier alpha value is -4.73. The second-order valence-electron chi connectivity index (χ2n) is 9.20. The van der Waals surface area contributed by atoms with Crippen molar-refractivity contribution in [3.05, 3.63) is 53.9 Å². The van der Waals surface area contributed by atoms with Crippen LogP contribution in [0, 0.1) is 11.3 Å². The summed E-state index contributed by atoms with van der Waals surface area (Å²) in [4.78, 5) is 25.8. The molecule has 2 aromatic carbocycles. The Morgan fingerprint density at radius 2 is 1.57 bits per heavy atom. The number of morpholine rings is 2. The molecule has 2 aliphatic rings. The third-order valence-electron chi connectivity index (χ3n) is 6.64. The van der Waals surface area contributed by atoms with Gasteiger partial charge in [0.2, 0.25) is 11.9 Å². The highest BCUT2D eigenvalue weighted by molar-refractivity contribution is 5.90. The highest BCUT2D eigenvalue weighted by Gasteiger charge is 2.22. The first-order valence-corrected chi connectivity index (χ1v) is 13.0. The van der Waals surface area contributed by atoms with Gasteiger partial charge in [0.1, 0.15) is 11.9 Å². The van der Waals surface area contributed by atoms with Crippen molar-refractivity contribution in [2.45, 2.75) is 0 Å². The third kappa shape index (κ3) is 5.51. The number of hydrogen-bond donors (Lipinski definition) is 1. The molecule has 40 heavy (non-hydrogen) atoms. The highest BCUT2D eigenvalue weighted by atomic mass is 16.5. The molecule has 12 heteroatoms. The number of methoxy groups -OCH3 is 1. The average molecular weight is 541 g/mol. The molecule has 2 aromatic heterocycles. The van der Waals surface area contributed by atoms with Crippen LogP contribution >= 0.6 is 0 Å². The van der Waals surface area contributed by atoms with Crippen molar-refractivity contribution < 1.29 is 18.9 Å². The van der Waals surface area contributed by atoms with Crippen molar-refractivity contribution in [2.75, 3.05) is 69.5 Å². The van der Waals surface area contributed by atoms with E-state index in [0.29, 0.717) is 87.4 Å². The zero-order valence-corrected chi connectivity index (χ0v) is 22.0. The fourth-order valence-corrected chi connectivity index (χ4v) is 4.55. The summed E-state index contributed by atoms with van der Waals surface area (Å²) < 4.78 is 22.8. The van der Waals surface area contributed by atoms with Crippen LogP contribution in [0.1, 0.15) is 11.4 Å². The Morgan fingerprint density at radius 3 is 2.20 bits per heavy atom. The van der Waals surface area contributed by atoms with Crippen LogP contribution in [0.2, 0.25) is 0 Å². The molecule has 1 N–H and O–H groups in total. The van der Waals surface area contributed by atoms with Crippen LogP contribution in [0.4, 0.5) is 11.9 Å². The minimum absolute atomic E-state index is 0.166. The van der Waals surface area contributed by atoms with Crippen LogP contribution in [0.3, 0.4) is 0 Å². The van der Waals surface area contributed by atoms with Gasteiger partial charge in [-0.15, -0.1) is 0 Å². The van der Waals surface area contributed by atoms with Crippen molar-refractivity contribution in [2.24, 2.45) is 0 Å². The maximum atomic E-state index is 9.83. The van der Waals surface area contributed by atoms with Gasteiger partial charge in [-0.2, -0.15) is 20.2 Å². The lowest BCUT2D eigenvalue weighted by molar-refractivity contribution is 0.121. The number of para-hydroxylation sites is 2. The highest BCUT2D eigenvalue weighted by Crippen LogP contribution is 2.33. The normalized spacial score (nSPS) is 16.1. The summed E-state index contributed by atoms with van der Waals surface area (Å²) in [5, 5.41) is 9.83. The zero-order chi connectivity index (χ0) is 27.3. The fraction of sp³-hybridized carbons (Fsp3) is 0.321. The van der Waals surface area contributed by atoms with Crippen molar-refractivity contribution >= 4 is 34.6 Å². The number of benzene rings is 2. The first-order valence-electron chi connectivity index (χ1n) is 13.0. The van der Waals surface area contributed by atoms with E-state index in [9.17, 15) is 5.26 Å². The van der Waals surface area contributed by atoms with Gasteiger partial charge in [-0.05, 0) is 35.9 Å². The number of allylic oxidation sites excluding steroid dienone is 1. The van der Waals surface area contributed by atoms with E-state index in [0.717, 1.165) is 16.6 Å². The summed E-state index contributed by atoms with van der Waals surface area (Å²) in [5.41, 5.74) is 2.81. The van der Waals surface area contributed by atoms with Gasteiger partial charge in [-0.3, -0.25) is 0 Å². The van der Waals surface area contributed by atoms with Crippen LogP contribution in [-0.2, 0) is 9.47 Å². The van der Waals surface area contributed by atoms with E-state index in [1.54, 1.807) is 25.3 Å². The first-order chi connectivity index (χ1) is 19.7. The number of aromatic nitrogens is 5. The monoisotopic (exact) mass is 540 g/mol. The topological polar surface area (TPSA) is 135 Å². The minimum Gasteiger partial charge on any atom is -0.493 e. The van der Waals surface area contributed by atoms with Crippen molar-refractivity contribution in [3.63, 3.8) is 0 Å². The average Bonchev–Trinajstić information content (AvgIpc) is 3.45. The van der Waals surface area contributed by atoms with Crippen molar-refractivity contribution in [1.82, 2.24) is 24.9 Å². The van der Waals surface area contributed by atoms with E-state index in [2.05, 4.69) is 35.8 Å². The van der Waals surface area contributed by atoms with E-state index in [1.807, 2.05) is 30.3 Å². The van der Waals surface area contributed by atoms with E-state index in [1.165, 1.54) is 0 Å². The molecule has 0 aliphatic carbocycles. The molecule has 2 saturated heterocycles. The number of fused-ring (bicyclic) bond motifs is 1. The summed E-state index contributed by atoms with van der Waals surface area (Å²) in [6.45, 7) is 5.16. The number of hydrogen-bond acceptors (Lipinski definition) is 11. The van der Waals surface area contributed by atoms with Crippen LogP contribution in [0.25, 0.3) is 22.7 Å². The quantitative estimate of drug-likeness (QED) is 0.346. The van der Waals surface area contributed by atoms with Gasteiger partial charge in [-0.1, -0.05) is 18.2 Å². The molecule has 0 unspecified atom stereocenters. The summed E-state index contributed by atoms with van der Waals surface area (Å²) in [6, 6.07) is 15.5. The predicted molar refractivity (Wildman–Crippen MR) is 149 cm³/mol. The van der Waals surface area contributed by atoms with Gasteiger partial charge < -0.3 is 33.7 Å². The van der Waals surface area contributed by atoms with Gasteiger partial charge >= 0.3 is 6.01 Å². The molecule has 204 valence electrons. The number of aromatic amines is 1. The summed E-state index contributed by atoms with van der Waals surface area (Å²) >= 11 is 0. The van der Waals surface area contributed by atoms with Crippen molar-refractivity contribution in [1.29, 1.82) is 5.26 Å². The number of rotatable bonds is 7. The smallest absolute Gasteiger partial charge is 0.328 e. The Labute approximate surface area is 230 Å².